The topological polar surface area (TPSA) is 0 Å². The molecule has 0 spiro atoms. The molecule has 0 radical (unpaired) electrons. The second kappa shape index (κ2) is 3.08. The standard InChI is InChI=1S/C3HBrF5I/c4-2(5,6)1(10)3(7,8)9/h1H. The molecule has 7 heteroatoms. The quantitative estimate of drug-likeness (QED) is 0.391. The minimum atomic E-state index is -4.87. The van der Waals surface area contributed by atoms with Crippen LogP contribution in [0.15, 0.2) is 0 Å². The van der Waals surface area contributed by atoms with Crippen molar-refractivity contribution in [3.63, 3.8) is 0 Å². The Bertz CT molecular complexity index is 101. The molecule has 10 heavy (non-hydrogen) atoms. The highest BCUT2D eigenvalue weighted by Crippen LogP contribution is 2.41. The van der Waals surface area contributed by atoms with E-state index in [-0.39, 0.29) is 0 Å². The summed E-state index contributed by atoms with van der Waals surface area (Å²) >= 11 is 2.25. The zero-order valence-corrected chi connectivity index (χ0v) is 7.97. The maximum atomic E-state index is 11.8. The van der Waals surface area contributed by atoms with Crippen LogP contribution in [-0.2, 0) is 0 Å². The maximum absolute atomic E-state index is 11.8. The lowest BCUT2D eigenvalue weighted by Crippen LogP contribution is -2.35. The Kier molecular flexibility index (Phi) is 3.34. The van der Waals surface area contributed by atoms with E-state index in [0.717, 1.165) is 0 Å². The van der Waals surface area contributed by atoms with Gasteiger partial charge in [0.1, 0.15) is 0 Å². The van der Waals surface area contributed by atoms with Crippen LogP contribution in [0.25, 0.3) is 0 Å². The van der Waals surface area contributed by atoms with Gasteiger partial charge in [0.25, 0.3) is 0 Å². The summed E-state index contributed by atoms with van der Waals surface area (Å²) in [6, 6.07) is 0. The van der Waals surface area contributed by atoms with Gasteiger partial charge in [-0.25, -0.2) is 0 Å². The van der Waals surface area contributed by atoms with Crippen LogP contribution in [0.3, 0.4) is 0 Å². The molecule has 0 aromatic carbocycles. The predicted molar refractivity (Wildman–Crippen MR) is 37.7 cm³/mol. The number of halogens is 7. The number of hydrogen-bond acceptors (Lipinski definition) is 0. The van der Waals surface area contributed by atoms with Crippen LogP contribution in [0.2, 0.25) is 0 Å². The minimum absolute atomic E-state index is 0.633. The van der Waals surface area contributed by atoms with Gasteiger partial charge in [0.15, 0.2) is 3.92 Å². The smallest absolute Gasteiger partial charge is 0.192 e. The molecule has 0 amide bonds. The highest BCUT2D eigenvalue weighted by molar-refractivity contribution is 14.1. The maximum Gasteiger partial charge on any atom is 0.407 e. The molecule has 0 rings (SSSR count). The number of rotatable bonds is 1. The van der Waals surface area contributed by atoms with Crippen LogP contribution in [0.5, 0.6) is 0 Å². The lowest BCUT2D eigenvalue weighted by molar-refractivity contribution is -0.151. The summed E-state index contributed by atoms with van der Waals surface area (Å²) in [7, 11) is 0. The molecule has 0 bridgehead atoms. The Morgan fingerprint density at radius 2 is 1.40 bits per heavy atom. The third kappa shape index (κ3) is 3.31. The Labute approximate surface area is 75.4 Å². The summed E-state index contributed by atoms with van der Waals surface area (Å²) in [6.07, 6.45) is -4.87. The lowest BCUT2D eigenvalue weighted by Gasteiger charge is -2.18. The van der Waals surface area contributed by atoms with Gasteiger partial charge in [-0.05, 0) is 15.9 Å². The van der Waals surface area contributed by atoms with Gasteiger partial charge in [0.2, 0.25) is 0 Å². The van der Waals surface area contributed by atoms with Crippen molar-refractivity contribution in [1.29, 1.82) is 0 Å². The van der Waals surface area contributed by atoms with Gasteiger partial charge in [-0.2, -0.15) is 22.0 Å². The fourth-order valence-corrected chi connectivity index (χ4v) is 0.445. The molecular weight excluding hydrogens is 338 g/mol. The zero-order chi connectivity index (χ0) is 8.58. The molecule has 0 aliphatic rings. The lowest BCUT2D eigenvalue weighted by atomic mass is 10.4. The van der Waals surface area contributed by atoms with Crippen molar-refractivity contribution in [3.8, 4) is 0 Å². The van der Waals surface area contributed by atoms with Crippen molar-refractivity contribution in [2.75, 3.05) is 0 Å². The van der Waals surface area contributed by atoms with Gasteiger partial charge in [0.05, 0.1) is 0 Å². The highest BCUT2D eigenvalue weighted by Gasteiger charge is 2.52. The van der Waals surface area contributed by atoms with Crippen molar-refractivity contribution < 1.29 is 22.0 Å². The first-order chi connectivity index (χ1) is 4.15. The van der Waals surface area contributed by atoms with E-state index in [1.807, 2.05) is 0 Å². The van der Waals surface area contributed by atoms with Gasteiger partial charge in [-0.1, -0.05) is 22.6 Å². The van der Waals surface area contributed by atoms with Crippen LogP contribution in [0.4, 0.5) is 22.0 Å². The third-order valence-electron chi connectivity index (χ3n) is 0.575. The van der Waals surface area contributed by atoms with Crippen LogP contribution in [0, 0.1) is 0 Å². The summed E-state index contributed by atoms with van der Waals surface area (Å²) < 4.78 is 55.2. The Morgan fingerprint density at radius 1 is 1.10 bits per heavy atom. The molecule has 0 saturated carbocycles. The summed E-state index contributed by atoms with van der Waals surface area (Å²) in [5.41, 5.74) is 0. The average Bonchev–Trinajstić information content (AvgIpc) is 1.59. The molecule has 62 valence electrons. The van der Waals surface area contributed by atoms with Crippen molar-refractivity contribution in [3.05, 3.63) is 0 Å². The second-order valence-electron chi connectivity index (χ2n) is 1.45. The van der Waals surface area contributed by atoms with Gasteiger partial charge in [-0.15, -0.1) is 0 Å². The van der Waals surface area contributed by atoms with Crippen LogP contribution >= 0.6 is 38.5 Å². The van der Waals surface area contributed by atoms with Crippen molar-refractivity contribution in [2.24, 2.45) is 0 Å². The fourth-order valence-electron chi connectivity index (χ4n) is 0.186. The molecule has 1 unspecified atom stereocenters. The van der Waals surface area contributed by atoms with E-state index in [1.54, 1.807) is 15.9 Å². The summed E-state index contributed by atoms with van der Waals surface area (Å²) in [6.45, 7) is 0. The van der Waals surface area contributed by atoms with Gasteiger partial charge in [0, 0.05) is 0 Å². The Balaban J connectivity index is 4.23. The SMILES string of the molecule is FC(F)(F)C(I)C(F)(F)Br. The van der Waals surface area contributed by atoms with Gasteiger partial charge >= 0.3 is 11.0 Å². The number of alkyl halides is 7. The van der Waals surface area contributed by atoms with E-state index in [2.05, 4.69) is 0 Å². The van der Waals surface area contributed by atoms with Crippen molar-refractivity contribution >= 4 is 38.5 Å². The average molecular weight is 339 g/mol. The molecule has 0 N–H and O–H groups in total. The first kappa shape index (κ1) is 10.9. The molecular formula is C3HBrF5I. The van der Waals surface area contributed by atoms with E-state index in [9.17, 15) is 22.0 Å². The fraction of sp³-hybridized carbons (Fsp3) is 1.00. The largest absolute Gasteiger partial charge is 0.407 e. The Hall–Kier alpha value is 0.860. The van der Waals surface area contributed by atoms with Crippen LogP contribution < -0.4 is 0 Å². The van der Waals surface area contributed by atoms with Crippen LogP contribution in [-0.4, -0.2) is 14.9 Å². The van der Waals surface area contributed by atoms with E-state index in [0.29, 0.717) is 22.6 Å². The predicted octanol–water partition coefficient (Wildman–Crippen LogP) is 3.34. The van der Waals surface area contributed by atoms with E-state index in [4.69, 9.17) is 0 Å². The van der Waals surface area contributed by atoms with Crippen LogP contribution in [0.1, 0.15) is 0 Å². The van der Waals surface area contributed by atoms with E-state index >= 15 is 0 Å². The molecule has 0 aliphatic heterocycles. The minimum Gasteiger partial charge on any atom is -0.192 e. The second-order valence-corrected chi connectivity index (χ2v) is 3.75. The zero-order valence-electron chi connectivity index (χ0n) is 4.22. The molecule has 0 aliphatic carbocycles. The first-order valence-electron chi connectivity index (χ1n) is 1.93. The first-order valence-corrected chi connectivity index (χ1v) is 3.97. The molecule has 0 heterocycles. The molecule has 0 saturated heterocycles. The molecule has 0 aromatic rings. The van der Waals surface area contributed by atoms with Crippen molar-refractivity contribution in [1.82, 2.24) is 0 Å². The third-order valence-corrected chi connectivity index (χ3v) is 3.38. The van der Waals surface area contributed by atoms with Crippen molar-refractivity contribution in [2.45, 2.75) is 14.9 Å². The molecule has 0 fully saturated rings. The molecule has 0 aromatic heterocycles. The Morgan fingerprint density at radius 3 is 1.40 bits per heavy atom. The number of hydrogen-bond donors (Lipinski definition) is 0. The normalized spacial score (nSPS) is 17.1. The van der Waals surface area contributed by atoms with Gasteiger partial charge < -0.3 is 0 Å². The summed E-state index contributed by atoms with van der Waals surface area (Å²) in [4.78, 5) is -3.88. The highest BCUT2D eigenvalue weighted by atomic mass is 127. The molecule has 0 nitrogen and oxygen atoms in total. The van der Waals surface area contributed by atoms with Gasteiger partial charge in [-0.3, -0.25) is 0 Å². The summed E-state index contributed by atoms with van der Waals surface area (Å²) in [5, 5.41) is 0. The monoisotopic (exact) mass is 338 g/mol. The van der Waals surface area contributed by atoms with E-state index < -0.39 is 14.9 Å². The van der Waals surface area contributed by atoms with E-state index in [1.165, 1.54) is 0 Å². The molecule has 1 atom stereocenters. The summed E-state index contributed by atoms with van der Waals surface area (Å²) in [5.74, 6) is 0.